The van der Waals surface area contributed by atoms with Crippen LogP contribution in [0.25, 0.3) is 11.3 Å². The Morgan fingerprint density at radius 2 is 1.92 bits per heavy atom. The molecular weight excluding hydrogens is 336 g/mol. The average molecular weight is 352 g/mol. The Morgan fingerprint density at radius 3 is 2.50 bits per heavy atom. The molecule has 1 aromatic heterocycles. The molecule has 1 aliphatic heterocycles. The van der Waals surface area contributed by atoms with E-state index in [1.807, 2.05) is 0 Å². The first-order valence-electron chi connectivity index (χ1n) is 7.54. The van der Waals surface area contributed by atoms with Crippen LogP contribution in [0.3, 0.4) is 0 Å². The van der Waals surface area contributed by atoms with Crippen LogP contribution < -0.4 is 5.73 Å². The second kappa shape index (κ2) is 6.36. The summed E-state index contributed by atoms with van der Waals surface area (Å²) < 4.78 is 26.4. The Balaban J connectivity index is 1.74. The molecule has 4 nitrogen and oxygen atoms in total. The average Bonchev–Trinajstić information content (AvgIpc) is 2.57. The van der Waals surface area contributed by atoms with E-state index in [0.717, 1.165) is 5.56 Å². The summed E-state index contributed by atoms with van der Waals surface area (Å²) >= 11 is 6.00. The second-order valence-corrected chi connectivity index (χ2v) is 6.22. The van der Waals surface area contributed by atoms with Crippen molar-refractivity contribution >= 4 is 23.2 Å². The van der Waals surface area contributed by atoms with Gasteiger partial charge in [0.15, 0.2) is 0 Å². The van der Waals surface area contributed by atoms with Crippen LogP contribution in [-0.4, -0.2) is 34.8 Å². The largest absolute Gasteiger partial charge is 0.398 e. The lowest BCUT2D eigenvalue weighted by molar-refractivity contribution is -0.0494. The van der Waals surface area contributed by atoms with Crippen molar-refractivity contribution in [2.45, 2.75) is 18.8 Å². The summed E-state index contributed by atoms with van der Waals surface area (Å²) in [5.74, 6) is -2.95. The third-order valence-corrected chi connectivity index (χ3v) is 4.42. The van der Waals surface area contributed by atoms with Crippen LogP contribution in [-0.2, 0) is 0 Å². The highest BCUT2D eigenvalue weighted by molar-refractivity contribution is 6.33. The Bertz CT molecular complexity index is 755. The molecule has 0 radical (unpaired) electrons. The number of hydrogen-bond acceptors (Lipinski definition) is 3. The molecular formula is C17H16ClF2N3O. The number of nitrogens with zero attached hydrogens (tertiary/aromatic N) is 2. The van der Waals surface area contributed by atoms with Crippen LogP contribution in [0.1, 0.15) is 23.2 Å². The normalized spacial score (nSPS) is 16.9. The predicted octanol–water partition coefficient (Wildman–Crippen LogP) is 3.86. The van der Waals surface area contributed by atoms with Gasteiger partial charge in [0.1, 0.15) is 0 Å². The number of hydrogen-bond donors (Lipinski definition) is 1. The molecule has 24 heavy (non-hydrogen) atoms. The van der Waals surface area contributed by atoms with Gasteiger partial charge in [-0.1, -0.05) is 17.7 Å². The number of benzene rings is 1. The van der Waals surface area contributed by atoms with E-state index < -0.39 is 5.92 Å². The third kappa shape index (κ3) is 3.48. The zero-order chi connectivity index (χ0) is 17.3. The Hall–Kier alpha value is -2.21. The smallest absolute Gasteiger partial charge is 0.255 e. The summed E-state index contributed by atoms with van der Waals surface area (Å²) in [4.78, 5) is 18.1. The molecule has 2 N–H and O–H groups in total. The minimum absolute atomic E-state index is 0.0567. The van der Waals surface area contributed by atoms with Crippen molar-refractivity contribution < 1.29 is 13.6 Å². The van der Waals surface area contributed by atoms with E-state index in [9.17, 15) is 13.6 Å². The number of anilines is 1. The lowest BCUT2D eigenvalue weighted by Crippen LogP contribution is -2.42. The summed E-state index contributed by atoms with van der Waals surface area (Å²) in [6.07, 6.45) is 0.858. The molecule has 126 valence electrons. The van der Waals surface area contributed by atoms with Crippen molar-refractivity contribution in [2.75, 3.05) is 18.8 Å². The van der Waals surface area contributed by atoms with Crippen LogP contribution >= 0.6 is 11.6 Å². The first kappa shape index (κ1) is 16.6. The number of amides is 1. The molecule has 0 atom stereocenters. The number of likely N-dealkylation sites (tertiary alicyclic amines) is 1. The summed E-state index contributed by atoms with van der Waals surface area (Å²) in [5, 5.41) is 0.434. The van der Waals surface area contributed by atoms with Gasteiger partial charge in [0.25, 0.3) is 11.8 Å². The van der Waals surface area contributed by atoms with Gasteiger partial charge in [-0.25, -0.2) is 8.78 Å². The topological polar surface area (TPSA) is 59.2 Å². The van der Waals surface area contributed by atoms with Crippen molar-refractivity contribution in [1.29, 1.82) is 0 Å². The van der Waals surface area contributed by atoms with Crippen LogP contribution in [0, 0.1) is 0 Å². The summed E-state index contributed by atoms with van der Waals surface area (Å²) in [5.41, 5.74) is 7.97. The lowest BCUT2D eigenvalue weighted by atomic mass is 10.1. The van der Waals surface area contributed by atoms with Crippen LogP contribution in [0.2, 0.25) is 5.02 Å². The van der Waals surface area contributed by atoms with Gasteiger partial charge in [-0.05, 0) is 24.3 Å². The second-order valence-electron chi connectivity index (χ2n) is 5.82. The van der Waals surface area contributed by atoms with E-state index in [1.165, 1.54) is 11.1 Å². The number of carbonyl (C=O) groups excluding carboxylic acids is 1. The minimum Gasteiger partial charge on any atom is -0.398 e. The fourth-order valence-electron chi connectivity index (χ4n) is 2.60. The number of nitrogens with two attached hydrogens (primary N) is 1. The first-order valence-corrected chi connectivity index (χ1v) is 7.92. The predicted molar refractivity (Wildman–Crippen MR) is 89.2 cm³/mol. The fraction of sp³-hybridized carbons (Fsp3) is 0.294. The van der Waals surface area contributed by atoms with E-state index in [0.29, 0.717) is 22.0 Å². The molecule has 0 unspecified atom stereocenters. The van der Waals surface area contributed by atoms with Gasteiger partial charge < -0.3 is 10.6 Å². The van der Waals surface area contributed by atoms with Gasteiger partial charge >= 0.3 is 0 Å². The number of pyridine rings is 1. The zero-order valence-electron chi connectivity index (χ0n) is 12.8. The highest BCUT2D eigenvalue weighted by Crippen LogP contribution is 2.29. The summed E-state index contributed by atoms with van der Waals surface area (Å²) in [7, 11) is 0. The maximum Gasteiger partial charge on any atom is 0.255 e. The van der Waals surface area contributed by atoms with Gasteiger partial charge in [-0.3, -0.25) is 9.78 Å². The Labute approximate surface area is 143 Å². The van der Waals surface area contributed by atoms with Crippen molar-refractivity contribution in [3.63, 3.8) is 0 Å². The number of alkyl halides is 2. The van der Waals surface area contributed by atoms with E-state index >= 15 is 0 Å². The van der Waals surface area contributed by atoms with Gasteiger partial charge in [0.2, 0.25) is 0 Å². The standard InChI is InChI=1S/C17H16ClF2N3O/c18-13-9-11(1-3-14(13)21)15-4-2-12(10-22-15)16(24)23-7-5-17(19,20)6-8-23/h1-4,9-10H,5-8,21H2. The fourth-order valence-corrected chi connectivity index (χ4v) is 2.78. The SMILES string of the molecule is Nc1ccc(-c2ccc(C(=O)N3CCC(F)(F)CC3)cn2)cc1Cl. The van der Waals surface area contributed by atoms with E-state index in [2.05, 4.69) is 4.98 Å². The Kier molecular flexibility index (Phi) is 4.41. The van der Waals surface area contributed by atoms with Crippen molar-refractivity contribution in [3.05, 3.63) is 47.1 Å². The number of rotatable bonds is 2. The molecule has 1 aromatic carbocycles. The quantitative estimate of drug-likeness (QED) is 0.836. The third-order valence-electron chi connectivity index (χ3n) is 4.09. The van der Waals surface area contributed by atoms with Crippen LogP contribution in [0.15, 0.2) is 36.5 Å². The number of piperidine rings is 1. The van der Waals surface area contributed by atoms with E-state index in [-0.39, 0.29) is 31.8 Å². The Morgan fingerprint density at radius 1 is 1.21 bits per heavy atom. The maximum atomic E-state index is 13.2. The van der Waals surface area contributed by atoms with Crippen LogP contribution in [0.5, 0.6) is 0 Å². The maximum absolute atomic E-state index is 13.2. The monoisotopic (exact) mass is 351 g/mol. The highest BCUT2D eigenvalue weighted by atomic mass is 35.5. The molecule has 0 bridgehead atoms. The van der Waals surface area contributed by atoms with E-state index in [4.69, 9.17) is 17.3 Å². The summed E-state index contributed by atoms with van der Waals surface area (Å²) in [6.45, 7) is 0.113. The van der Waals surface area contributed by atoms with Crippen molar-refractivity contribution in [1.82, 2.24) is 9.88 Å². The first-order chi connectivity index (χ1) is 11.4. The number of aromatic nitrogens is 1. The summed E-state index contributed by atoms with van der Waals surface area (Å²) in [6, 6.07) is 8.52. The molecule has 0 spiro atoms. The number of halogens is 3. The number of carbonyl (C=O) groups is 1. The van der Waals surface area contributed by atoms with Gasteiger partial charge in [0, 0.05) is 37.7 Å². The molecule has 3 rings (SSSR count). The lowest BCUT2D eigenvalue weighted by Gasteiger charge is -2.31. The van der Waals surface area contributed by atoms with Crippen molar-refractivity contribution in [2.24, 2.45) is 0 Å². The van der Waals surface area contributed by atoms with Gasteiger partial charge in [0.05, 0.1) is 22.0 Å². The molecule has 2 heterocycles. The van der Waals surface area contributed by atoms with E-state index in [1.54, 1.807) is 30.3 Å². The molecule has 2 aromatic rings. The zero-order valence-corrected chi connectivity index (χ0v) is 13.6. The van der Waals surface area contributed by atoms with Crippen LogP contribution in [0.4, 0.5) is 14.5 Å². The molecule has 1 aliphatic rings. The minimum atomic E-state index is -2.67. The highest BCUT2D eigenvalue weighted by Gasteiger charge is 2.35. The molecule has 0 saturated carbocycles. The number of nitrogen functional groups attached to an aromatic ring is 1. The molecule has 1 saturated heterocycles. The molecule has 7 heteroatoms. The van der Waals surface area contributed by atoms with Crippen molar-refractivity contribution in [3.8, 4) is 11.3 Å². The molecule has 0 aliphatic carbocycles. The molecule has 1 amide bonds. The van der Waals surface area contributed by atoms with Gasteiger partial charge in [-0.15, -0.1) is 0 Å². The van der Waals surface area contributed by atoms with Gasteiger partial charge in [-0.2, -0.15) is 0 Å². The molecule has 1 fully saturated rings.